The summed E-state index contributed by atoms with van der Waals surface area (Å²) >= 11 is 0. The number of hydrogen-bond donors (Lipinski definition) is 1. The lowest BCUT2D eigenvalue weighted by Crippen LogP contribution is -2.36. The molecule has 122 valence electrons. The fourth-order valence-corrected chi connectivity index (χ4v) is 2.60. The Morgan fingerprint density at radius 3 is 2.86 bits per heavy atom. The van der Waals surface area contributed by atoms with E-state index >= 15 is 0 Å². The predicted molar refractivity (Wildman–Crippen MR) is 83.0 cm³/mol. The number of carbonyl (C=O) groups is 1. The maximum Gasteiger partial charge on any atom is 0.318 e. The van der Waals surface area contributed by atoms with Crippen LogP contribution in [0.2, 0.25) is 0 Å². The van der Waals surface area contributed by atoms with Crippen LogP contribution in [-0.2, 0) is 9.53 Å². The minimum Gasteiger partial charge on any atom is -0.467 e. The highest BCUT2D eigenvalue weighted by molar-refractivity contribution is 5.76. The van der Waals surface area contributed by atoms with Crippen molar-refractivity contribution in [2.75, 3.05) is 45.4 Å². The number of nitrogens with one attached hydrogen (secondary N) is 1. The minimum atomic E-state index is 0.110. The van der Waals surface area contributed by atoms with Gasteiger partial charge in [-0.15, -0.1) is 0 Å². The van der Waals surface area contributed by atoms with Crippen molar-refractivity contribution >= 4 is 11.7 Å². The smallest absolute Gasteiger partial charge is 0.318 e. The van der Waals surface area contributed by atoms with Crippen LogP contribution in [0.4, 0.5) is 5.82 Å². The number of anilines is 1. The van der Waals surface area contributed by atoms with Gasteiger partial charge >= 0.3 is 6.01 Å². The number of methoxy groups -OCH3 is 2. The number of piperidine rings is 1. The largest absolute Gasteiger partial charge is 0.467 e. The predicted octanol–water partition coefficient (Wildman–Crippen LogP) is 0.854. The Bertz CT molecular complexity index is 476. The number of ether oxygens (including phenoxy) is 2. The molecule has 1 amide bonds. The van der Waals surface area contributed by atoms with Gasteiger partial charge in [0.15, 0.2) is 0 Å². The molecular weight excluding hydrogens is 284 g/mol. The van der Waals surface area contributed by atoms with E-state index in [0.717, 1.165) is 31.7 Å². The van der Waals surface area contributed by atoms with Gasteiger partial charge in [0.25, 0.3) is 0 Å². The van der Waals surface area contributed by atoms with Gasteiger partial charge in [0.05, 0.1) is 13.7 Å². The lowest BCUT2D eigenvalue weighted by Gasteiger charge is -2.32. The highest BCUT2D eigenvalue weighted by Gasteiger charge is 2.22. The van der Waals surface area contributed by atoms with Gasteiger partial charge in [-0.25, -0.2) is 4.98 Å². The summed E-state index contributed by atoms with van der Waals surface area (Å²) < 4.78 is 9.97. The van der Waals surface area contributed by atoms with Crippen LogP contribution in [0.1, 0.15) is 19.3 Å². The lowest BCUT2D eigenvalue weighted by molar-refractivity contribution is -0.122. The molecule has 1 aliphatic heterocycles. The summed E-state index contributed by atoms with van der Waals surface area (Å²) in [6.07, 6.45) is 4.27. The van der Waals surface area contributed by atoms with Crippen LogP contribution >= 0.6 is 0 Å². The maximum atomic E-state index is 11.8. The molecule has 1 fully saturated rings. The first-order chi connectivity index (χ1) is 10.7. The molecule has 1 aliphatic rings. The highest BCUT2D eigenvalue weighted by Crippen LogP contribution is 2.24. The molecular formula is C15H24N4O3. The summed E-state index contributed by atoms with van der Waals surface area (Å²) in [4.78, 5) is 22.4. The van der Waals surface area contributed by atoms with E-state index in [-0.39, 0.29) is 5.91 Å². The molecule has 22 heavy (non-hydrogen) atoms. The second kappa shape index (κ2) is 8.53. The van der Waals surface area contributed by atoms with Crippen molar-refractivity contribution in [3.8, 4) is 6.01 Å². The van der Waals surface area contributed by atoms with Gasteiger partial charge in [0, 0.05) is 39.4 Å². The number of hydrogen-bond acceptors (Lipinski definition) is 6. The van der Waals surface area contributed by atoms with Crippen molar-refractivity contribution < 1.29 is 14.3 Å². The first-order valence-electron chi connectivity index (χ1n) is 7.60. The molecule has 0 atom stereocenters. The van der Waals surface area contributed by atoms with Gasteiger partial charge in [-0.2, -0.15) is 4.98 Å². The number of nitrogens with zero attached hydrogens (tertiary/aromatic N) is 3. The van der Waals surface area contributed by atoms with Crippen molar-refractivity contribution in [2.45, 2.75) is 19.3 Å². The zero-order valence-corrected chi connectivity index (χ0v) is 13.2. The quantitative estimate of drug-likeness (QED) is 0.753. The van der Waals surface area contributed by atoms with E-state index < -0.39 is 0 Å². The molecule has 7 heteroatoms. The van der Waals surface area contributed by atoms with Crippen LogP contribution < -0.4 is 15.0 Å². The van der Waals surface area contributed by atoms with Gasteiger partial charge in [0.1, 0.15) is 5.82 Å². The Morgan fingerprint density at radius 2 is 2.18 bits per heavy atom. The second-order valence-electron chi connectivity index (χ2n) is 5.38. The average Bonchev–Trinajstić information content (AvgIpc) is 2.56. The average molecular weight is 308 g/mol. The van der Waals surface area contributed by atoms with Crippen molar-refractivity contribution in [3.05, 3.63) is 12.3 Å². The zero-order chi connectivity index (χ0) is 15.8. The van der Waals surface area contributed by atoms with E-state index in [1.807, 2.05) is 6.07 Å². The first-order valence-corrected chi connectivity index (χ1v) is 7.60. The third kappa shape index (κ3) is 4.84. The highest BCUT2D eigenvalue weighted by atomic mass is 16.5. The van der Waals surface area contributed by atoms with E-state index in [9.17, 15) is 4.79 Å². The van der Waals surface area contributed by atoms with E-state index in [1.54, 1.807) is 20.4 Å². The standard InChI is InChI=1S/C15H24N4O3/c1-21-10-7-16-14(20)11-12-4-8-19(9-5-12)13-3-6-17-15(18-13)22-2/h3,6,12H,4-5,7-11H2,1-2H3,(H,16,20). The monoisotopic (exact) mass is 308 g/mol. The second-order valence-corrected chi connectivity index (χ2v) is 5.38. The Labute approximate surface area is 131 Å². The molecule has 0 aromatic carbocycles. The summed E-state index contributed by atoms with van der Waals surface area (Å²) in [5, 5.41) is 2.87. The van der Waals surface area contributed by atoms with E-state index in [0.29, 0.717) is 31.5 Å². The number of rotatable bonds is 7. The fourth-order valence-electron chi connectivity index (χ4n) is 2.60. The number of carbonyl (C=O) groups excluding carboxylic acids is 1. The zero-order valence-electron chi connectivity index (χ0n) is 13.2. The SMILES string of the molecule is COCCNC(=O)CC1CCN(c2ccnc(OC)n2)CC1. The Morgan fingerprint density at radius 1 is 1.41 bits per heavy atom. The van der Waals surface area contributed by atoms with Gasteiger partial charge < -0.3 is 19.7 Å². The Kier molecular flexibility index (Phi) is 6.39. The molecule has 1 N–H and O–H groups in total. The molecule has 1 aromatic rings. The van der Waals surface area contributed by atoms with Crippen LogP contribution in [0.5, 0.6) is 6.01 Å². The molecule has 2 rings (SSSR count). The summed E-state index contributed by atoms with van der Waals surface area (Å²) in [6.45, 7) is 2.93. The molecule has 1 aromatic heterocycles. The van der Waals surface area contributed by atoms with Crippen molar-refractivity contribution in [1.29, 1.82) is 0 Å². The van der Waals surface area contributed by atoms with Gasteiger partial charge in [-0.05, 0) is 24.8 Å². The Hall–Kier alpha value is -1.89. The van der Waals surface area contributed by atoms with E-state index in [1.165, 1.54) is 0 Å². The third-order valence-electron chi connectivity index (χ3n) is 3.84. The molecule has 0 spiro atoms. The summed E-state index contributed by atoms with van der Waals surface area (Å²) in [7, 11) is 3.19. The third-order valence-corrected chi connectivity index (χ3v) is 3.84. The molecule has 7 nitrogen and oxygen atoms in total. The van der Waals surface area contributed by atoms with Crippen LogP contribution in [0.3, 0.4) is 0 Å². The van der Waals surface area contributed by atoms with Crippen LogP contribution in [0.25, 0.3) is 0 Å². The summed E-state index contributed by atoms with van der Waals surface area (Å²) in [5.41, 5.74) is 0. The molecule has 0 bridgehead atoms. The van der Waals surface area contributed by atoms with Gasteiger partial charge in [-0.1, -0.05) is 0 Å². The van der Waals surface area contributed by atoms with Crippen LogP contribution in [0.15, 0.2) is 12.3 Å². The van der Waals surface area contributed by atoms with E-state index in [2.05, 4.69) is 20.2 Å². The molecule has 2 heterocycles. The minimum absolute atomic E-state index is 0.110. The lowest BCUT2D eigenvalue weighted by atomic mass is 9.93. The normalized spacial score (nSPS) is 15.6. The maximum absolute atomic E-state index is 11.8. The van der Waals surface area contributed by atoms with Gasteiger partial charge in [0.2, 0.25) is 5.91 Å². The first kappa shape index (κ1) is 16.5. The molecule has 0 unspecified atom stereocenters. The molecule has 0 aliphatic carbocycles. The Balaban J connectivity index is 1.76. The molecule has 1 saturated heterocycles. The number of aromatic nitrogens is 2. The van der Waals surface area contributed by atoms with Crippen LogP contribution in [-0.4, -0.2) is 56.3 Å². The van der Waals surface area contributed by atoms with Crippen LogP contribution in [0, 0.1) is 5.92 Å². The summed E-state index contributed by atoms with van der Waals surface area (Å²) in [5.74, 6) is 1.43. The molecule has 0 radical (unpaired) electrons. The van der Waals surface area contributed by atoms with Gasteiger partial charge in [-0.3, -0.25) is 4.79 Å². The number of amides is 1. The molecule has 0 saturated carbocycles. The van der Waals surface area contributed by atoms with Crippen molar-refractivity contribution in [1.82, 2.24) is 15.3 Å². The van der Waals surface area contributed by atoms with Crippen molar-refractivity contribution in [2.24, 2.45) is 5.92 Å². The topological polar surface area (TPSA) is 76.6 Å². The van der Waals surface area contributed by atoms with Crippen molar-refractivity contribution in [3.63, 3.8) is 0 Å². The summed E-state index contributed by atoms with van der Waals surface area (Å²) in [6, 6.07) is 2.28. The van der Waals surface area contributed by atoms with E-state index in [4.69, 9.17) is 9.47 Å². The fraction of sp³-hybridized carbons (Fsp3) is 0.667.